The first kappa shape index (κ1) is 10.7. The first-order valence-corrected chi connectivity index (χ1v) is 5.56. The summed E-state index contributed by atoms with van der Waals surface area (Å²) in [6.45, 7) is 4.27. The van der Waals surface area contributed by atoms with Gasteiger partial charge in [-0.25, -0.2) is 0 Å². The smallest absolute Gasteiger partial charge is 0.0349 e. The minimum Gasteiger partial charge on any atom is -0.398 e. The standard InChI is InChI=1S/C15H17N/c1-11-7-8-12(2)14(9-11)10-13-5-3-4-6-15(13)16/h3-9H,10,16H2,1-2H3. The molecular weight excluding hydrogens is 194 g/mol. The third kappa shape index (κ3) is 2.25. The predicted octanol–water partition coefficient (Wildman–Crippen LogP) is 3.48. The molecule has 2 aromatic rings. The molecule has 0 spiro atoms. The van der Waals surface area contributed by atoms with E-state index in [2.05, 4.69) is 38.1 Å². The molecule has 0 aromatic heterocycles. The Morgan fingerprint density at radius 1 is 0.938 bits per heavy atom. The molecule has 1 heteroatoms. The fourth-order valence-electron chi connectivity index (χ4n) is 1.89. The van der Waals surface area contributed by atoms with E-state index in [-0.39, 0.29) is 0 Å². The molecule has 0 fully saturated rings. The van der Waals surface area contributed by atoms with Crippen LogP contribution in [0.5, 0.6) is 0 Å². The quantitative estimate of drug-likeness (QED) is 0.756. The summed E-state index contributed by atoms with van der Waals surface area (Å²) in [6, 6.07) is 14.6. The van der Waals surface area contributed by atoms with Gasteiger partial charge in [0.1, 0.15) is 0 Å². The zero-order valence-corrected chi connectivity index (χ0v) is 9.83. The number of rotatable bonds is 2. The number of hydrogen-bond donors (Lipinski definition) is 1. The van der Waals surface area contributed by atoms with Crippen LogP contribution in [0.3, 0.4) is 0 Å². The van der Waals surface area contributed by atoms with Crippen LogP contribution in [0.4, 0.5) is 5.69 Å². The van der Waals surface area contributed by atoms with Gasteiger partial charge in [-0.15, -0.1) is 0 Å². The van der Waals surface area contributed by atoms with Crippen molar-refractivity contribution in [3.8, 4) is 0 Å². The van der Waals surface area contributed by atoms with E-state index in [4.69, 9.17) is 5.73 Å². The SMILES string of the molecule is Cc1ccc(C)c(Cc2ccccc2N)c1. The van der Waals surface area contributed by atoms with Gasteiger partial charge in [0.25, 0.3) is 0 Å². The molecule has 0 bridgehead atoms. The minimum absolute atomic E-state index is 0.878. The highest BCUT2D eigenvalue weighted by atomic mass is 14.6. The maximum absolute atomic E-state index is 5.96. The second kappa shape index (κ2) is 4.40. The Hall–Kier alpha value is -1.76. The topological polar surface area (TPSA) is 26.0 Å². The van der Waals surface area contributed by atoms with Crippen LogP contribution in [0.1, 0.15) is 22.3 Å². The van der Waals surface area contributed by atoms with Gasteiger partial charge < -0.3 is 5.73 Å². The number of aryl methyl sites for hydroxylation is 2. The molecule has 0 heterocycles. The molecule has 0 radical (unpaired) electrons. The highest BCUT2D eigenvalue weighted by Gasteiger charge is 2.03. The van der Waals surface area contributed by atoms with Crippen molar-refractivity contribution in [2.45, 2.75) is 20.3 Å². The van der Waals surface area contributed by atoms with Crippen molar-refractivity contribution in [2.75, 3.05) is 5.73 Å². The van der Waals surface area contributed by atoms with Gasteiger partial charge in [-0.05, 0) is 43.0 Å². The summed E-state index contributed by atoms with van der Waals surface area (Å²) in [5.74, 6) is 0. The highest BCUT2D eigenvalue weighted by Crippen LogP contribution is 2.19. The summed E-state index contributed by atoms with van der Waals surface area (Å²) >= 11 is 0. The van der Waals surface area contributed by atoms with E-state index < -0.39 is 0 Å². The van der Waals surface area contributed by atoms with Crippen molar-refractivity contribution in [2.24, 2.45) is 0 Å². The molecule has 2 rings (SSSR count). The Labute approximate surface area is 96.9 Å². The molecule has 0 saturated heterocycles. The van der Waals surface area contributed by atoms with Gasteiger partial charge in [-0.2, -0.15) is 0 Å². The van der Waals surface area contributed by atoms with Gasteiger partial charge in [0, 0.05) is 5.69 Å². The summed E-state index contributed by atoms with van der Waals surface area (Å²) in [4.78, 5) is 0. The largest absolute Gasteiger partial charge is 0.398 e. The van der Waals surface area contributed by atoms with E-state index >= 15 is 0 Å². The summed E-state index contributed by atoms with van der Waals surface area (Å²) in [7, 11) is 0. The Bertz CT molecular complexity index is 501. The Morgan fingerprint density at radius 3 is 2.44 bits per heavy atom. The maximum atomic E-state index is 5.96. The number of nitrogens with two attached hydrogens (primary N) is 1. The van der Waals surface area contributed by atoms with Crippen LogP contribution in [0.2, 0.25) is 0 Å². The van der Waals surface area contributed by atoms with E-state index in [0.717, 1.165) is 12.1 Å². The van der Waals surface area contributed by atoms with Crippen LogP contribution in [0.25, 0.3) is 0 Å². The second-order valence-corrected chi connectivity index (χ2v) is 4.31. The summed E-state index contributed by atoms with van der Waals surface area (Å²) in [5, 5.41) is 0. The lowest BCUT2D eigenvalue weighted by molar-refractivity contribution is 1.15. The fourth-order valence-corrected chi connectivity index (χ4v) is 1.89. The van der Waals surface area contributed by atoms with E-state index in [1.807, 2.05) is 18.2 Å². The molecule has 0 aliphatic heterocycles. The van der Waals surface area contributed by atoms with E-state index in [9.17, 15) is 0 Å². The zero-order chi connectivity index (χ0) is 11.5. The van der Waals surface area contributed by atoms with Crippen LogP contribution in [0.15, 0.2) is 42.5 Å². The average Bonchev–Trinajstić information content (AvgIpc) is 2.27. The molecule has 2 N–H and O–H groups in total. The van der Waals surface area contributed by atoms with Crippen molar-refractivity contribution in [1.29, 1.82) is 0 Å². The van der Waals surface area contributed by atoms with Gasteiger partial charge in [0.05, 0.1) is 0 Å². The van der Waals surface area contributed by atoms with Crippen LogP contribution >= 0.6 is 0 Å². The first-order chi connectivity index (χ1) is 7.66. The number of hydrogen-bond acceptors (Lipinski definition) is 1. The summed E-state index contributed by atoms with van der Waals surface area (Å²) in [5.41, 5.74) is 12.0. The second-order valence-electron chi connectivity index (χ2n) is 4.31. The molecular formula is C15H17N. The Morgan fingerprint density at radius 2 is 1.69 bits per heavy atom. The Balaban J connectivity index is 2.34. The molecule has 0 aliphatic carbocycles. The lowest BCUT2D eigenvalue weighted by atomic mass is 9.98. The third-order valence-electron chi connectivity index (χ3n) is 2.94. The molecule has 0 amide bonds. The van der Waals surface area contributed by atoms with Crippen molar-refractivity contribution in [3.05, 3.63) is 64.7 Å². The predicted molar refractivity (Wildman–Crippen MR) is 69.6 cm³/mol. The lowest BCUT2D eigenvalue weighted by Crippen LogP contribution is -1.97. The molecule has 0 unspecified atom stereocenters. The van der Waals surface area contributed by atoms with Crippen LogP contribution in [-0.4, -0.2) is 0 Å². The lowest BCUT2D eigenvalue weighted by Gasteiger charge is -2.09. The number of benzene rings is 2. The molecule has 1 nitrogen and oxygen atoms in total. The van der Waals surface area contributed by atoms with E-state index in [1.165, 1.54) is 22.3 Å². The van der Waals surface area contributed by atoms with Crippen molar-refractivity contribution >= 4 is 5.69 Å². The van der Waals surface area contributed by atoms with Gasteiger partial charge in [-0.3, -0.25) is 0 Å². The van der Waals surface area contributed by atoms with Crippen LogP contribution < -0.4 is 5.73 Å². The molecule has 0 aliphatic rings. The average molecular weight is 211 g/mol. The number of para-hydroxylation sites is 1. The van der Waals surface area contributed by atoms with Crippen molar-refractivity contribution in [1.82, 2.24) is 0 Å². The maximum Gasteiger partial charge on any atom is 0.0349 e. The minimum atomic E-state index is 0.878. The van der Waals surface area contributed by atoms with Crippen molar-refractivity contribution in [3.63, 3.8) is 0 Å². The summed E-state index contributed by atoms with van der Waals surface area (Å²) < 4.78 is 0. The van der Waals surface area contributed by atoms with Crippen molar-refractivity contribution < 1.29 is 0 Å². The molecule has 2 aromatic carbocycles. The molecule has 16 heavy (non-hydrogen) atoms. The van der Waals surface area contributed by atoms with E-state index in [0.29, 0.717) is 0 Å². The van der Waals surface area contributed by atoms with Crippen LogP contribution in [0, 0.1) is 13.8 Å². The third-order valence-corrected chi connectivity index (χ3v) is 2.94. The first-order valence-electron chi connectivity index (χ1n) is 5.56. The van der Waals surface area contributed by atoms with Gasteiger partial charge in [-0.1, -0.05) is 42.0 Å². The number of anilines is 1. The molecule has 0 atom stereocenters. The fraction of sp³-hybridized carbons (Fsp3) is 0.200. The Kier molecular flexibility index (Phi) is 2.95. The zero-order valence-electron chi connectivity index (χ0n) is 9.83. The normalized spacial score (nSPS) is 10.4. The molecule has 82 valence electrons. The number of nitrogen functional groups attached to an aromatic ring is 1. The van der Waals surface area contributed by atoms with Gasteiger partial charge in [0.15, 0.2) is 0 Å². The van der Waals surface area contributed by atoms with E-state index in [1.54, 1.807) is 0 Å². The highest BCUT2D eigenvalue weighted by molar-refractivity contribution is 5.49. The van der Waals surface area contributed by atoms with Gasteiger partial charge in [0.2, 0.25) is 0 Å². The van der Waals surface area contributed by atoms with Crippen LogP contribution in [-0.2, 0) is 6.42 Å². The summed E-state index contributed by atoms with van der Waals surface area (Å²) in [6.07, 6.45) is 0.917. The molecule has 0 saturated carbocycles. The van der Waals surface area contributed by atoms with Gasteiger partial charge >= 0.3 is 0 Å². The monoisotopic (exact) mass is 211 g/mol.